The van der Waals surface area contributed by atoms with Crippen LogP contribution in [0.5, 0.6) is 11.5 Å². The largest absolute Gasteiger partial charge is 0.493 e. The number of likely N-dealkylation sites (tertiary alicyclic amines) is 1. The Labute approximate surface area is 189 Å². The van der Waals surface area contributed by atoms with Gasteiger partial charge in [-0.3, -0.25) is 9.80 Å². The number of H-pyrrole nitrogens is 1. The Morgan fingerprint density at radius 2 is 1.76 bits per heavy atom. The number of nitrogens with one attached hydrogen (secondary N) is 1. The van der Waals surface area contributed by atoms with E-state index >= 15 is 8.78 Å². The first-order chi connectivity index (χ1) is 15.9. The lowest BCUT2D eigenvalue weighted by molar-refractivity contribution is 0.229. The first kappa shape index (κ1) is 21.4. The number of carbonyl (C=O) groups excluding carboxylic acids is 1. The van der Waals surface area contributed by atoms with E-state index in [9.17, 15) is 4.79 Å². The molecule has 174 valence electrons. The number of anilines is 2. The van der Waals surface area contributed by atoms with Gasteiger partial charge in [0.2, 0.25) is 0 Å². The Kier molecular flexibility index (Phi) is 5.32. The van der Waals surface area contributed by atoms with Gasteiger partial charge in [-0.15, -0.1) is 0 Å². The number of aromatic amines is 1. The summed E-state index contributed by atoms with van der Waals surface area (Å²) >= 11 is 0. The zero-order chi connectivity index (χ0) is 23.3. The first-order valence-electron chi connectivity index (χ1n) is 10.8. The molecule has 2 aliphatic rings. The number of rotatable bonds is 4. The van der Waals surface area contributed by atoms with Crippen molar-refractivity contribution in [3.8, 4) is 11.5 Å². The van der Waals surface area contributed by atoms with Crippen molar-refractivity contribution in [1.82, 2.24) is 14.9 Å². The molecule has 10 heteroatoms. The maximum atomic E-state index is 15.3. The Morgan fingerprint density at radius 1 is 1.09 bits per heavy atom. The molecule has 2 amide bonds. The van der Waals surface area contributed by atoms with Crippen molar-refractivity contribution in [2.24, 2.45) is 0 Å². The number of aromatic nitrogens is 2. The molecular weight excluding hydrogens is 432 g/mol. The molecule has 1 saturated heterocycles. The van der Waals surface area contributed by atoms with E-state index in [-0.39, 0.29) is 24.1 Å². The van der Waals surface area contributed by atoms with Crippen molar-refractivity contribution in [2.45, 2.75) is 25.4 Å². The summed E-state index contributed by atoms with van der Waals surface area (Å²) in [5.74, 6) is -2.31. The normalized spacial score (nSPS) is 17.5. The third kappa shape index (κ3) is 3.36. The molecular formula is C23H25F2N5O3. The van der Waals surface area contributed by atoms with E-state index in [0.29, 0.717) is 11.2 Å². The van der Waals surface area contributed by atoms with Gasteiger partial charge >= 0.3 is 6.03 Å². The average molecular weight is 457 g/mol. The fourth-order valence-corrected chi connectivity index (χ4v) is 4.78. The van der Waals surface area contributed by atoms with E-state index < -0.39 is 23.4 Å². The Hall–Kier alpha value is -3.40. The number of nitrogens with zero attached hydrogens (tertiary/aromatic N) is 4. The number of pyridine rings is 1. The third-order valence-electron chi connectivity index (χ3n) is 6.51. The molecule has 8 nitrogen and oxygen atoms in total. The highest BCUT2D eigenvalue weighted by Gasteiger charge is 2.41. The highest BCUT2D eigenvalue weighted by molar-refractivity contribution is 6.11. The van der Waals surface area contributed by atoms with Crippen LogP contribution in [0.15, 0.2) is 24.5 Å². The molecule has 0 spiro atoms. The molecule has 0 bridgehead atoms. The van der Waals surface area contributed by atoms with Crippen LogP contribution in [-0.4, -0.2) is 61.3 Å². The van der Waals surface area contributed by atoms with E-state index in [0.717, 1.165) is 48.0 Å². The molecule has 1 fully saturated rings. The lowest BCUT2D eigenvalue weighted by atomic mass is 9.99. The molecule has 0 unspecified atom stereocenters. The summed E-state index contributed by atoms with van der Waals surface area (Å²) in [4.78, 5) is 26.5. The monoisotopic (exact) mass is 457 g/mol. The van der Waals surface area contributed by atoms with E-state index in [1.807, 2.05) is 13.1 Å². The van der Waals surface area contributed by atoms with Crippen LogP contribution in [0.25, 0.3) is 11.0 Å². The molecule has 0 atom stereocenters. The molecule has 3 aromatic rings. The molecule has 1 N–H and O–H groups in total. The van der Waals surface area contributed by atoms with Gasteiger partial charge in [-0.2, -0.15) is 0 Å². The summed E-state index contributed by atoms with van der Waals surface area (Å²) in [5, 5.41) is 0.809. The second kappa shape index (κ2) is 8.18. The van der Waals surface area contributed by atoms with Crippen LogP contribution in [0.3, 0.4) is 0 Å². The van der Waals surface area contributed by atoms with Crippen LogP contribution in [0, 0.1) is 11.6 Å². The maximum absolute atomic E-state index is 15.3. The van der Waals surface area contributed by atoms with E-state index in [4.69, 9.17) is 9.47 Å². The molecule has 2 aliphatic heterocycles. The Bertz CT molecular complexity index is 1190. The van der Waals surface area contributed by atoms with Gasteiger partial charge in [-0.05, 0) is 39.0 Å². The highest BCUT2D eigenvalue weighted by Crippen LogP contribution is 2.43. The summed E-state index contributed by atoms with van der Waals surface area (Å²) in [6, 6.07) is 2.41. The smallest absolute Gasteiger partial charge is 0.329 e. The van der Waals surface area contributed by atoms with Gasteiger partial charge in [-0.1, -0.05) is 0 Å². The zero-order valence-electron chi connectivity index (χ0n) is 18.7. The number of fused-ring (bicyclic) bond motifs is 3. The number of halogens is 2. The van der Waals surface area contributed by atoms with Crippen LogP contribution in [0.4, 0.5) is 25.0 Å². The topological polar surface area (TPSA) is 73.9 Å². The van der Waals surface area contributed by atoms with Crippen molar-refractivity contribution < 1.29 is 23.0 Å². The number of carbonyl (C=O) groups is 1. The van der Waals surface area contributed by atoms with Crippen molar-refractivity contribution in [3.05, 3.63) is 41.7 Å². The minimum Gasteiger partial charge on any atom is -0.493 e. The highest BCUT2D eigenvalue weighted by atomic mass is 19.1. The molecule has 0 saturated carbocycles. The summed E-state index contributed by atoms with van der Waals surface area (Å²) in [6.45, 7) is 1.61. The number of ether oxygens (including phenoxy) is 2. The predicted molar refractivity (Wildman–Crippen MR) is 120 cm³/mol. The fourth-order valence-electron chi connectivity index (χ4n) is 4.78. The fraction of sp³-hybridized carbons (Fsp3) is 0.391. The molecule has 0 aliphatic carbocycles. The van der Waals surface area contributed by atoms with Crippen LogP contribution < -0.4 is 19.3 Å². The number of amides is 2. The Balaban J connectivity index is 1.69. The maximum Gasteiger partial charge on any atom is 0.329 e. The van der Waals surface area contributed by atoms with Gasteiger partial charge in [-0.25, -0.2) is 18.6 Å². The first-order valence-corrected chi connectivity index (χ1v) is 10.8. The zero-order valence-corrected chi connectivity index (χ0v) is 18.7. The molecule has 5 rings (SSSR count). The standard InChI is InChI=1S/C23H25F2N5O3/c1-28-8-5-14(6-9-28)30-20-13(11-27-22-15(20)4-7-26-22)12-29(23(30)31)21-18(24)16(32-2)10-17(33-3)19(21)25/h4,7,10-11,14H,5-6,8-9,12H2,1-3H3,(H,26,27). The van der Waals surface area contributed by atoms with Crippen LogP contribution in [-0.2, 0) is 6.54 Å². The number of urea groups is 1. The van der Waals surface area contributed by atoms with Crippen molar-refractivity contribution >= 4 is 28.4 Å². The lowest BCUT2D eigenvalue weighted by Crippen LogP contribution is -2.55. The van der Waals surface area contributed by atoms with Gasteiger partial charge in [0.25, 0.3) is 0 Å². The number of methoxy groups -OCH3 is 2. The van der Waals surface area contributed by atoms with Crippen molar-refractivity contribution in [2.75, 3.05) is 44.2 Å². The summed E-state index contributed by atoms with van der Waals surface area (Å²) in [6.07, 6.45) is 4.92. The third-order valence-corrected chi connectivity index (χ3v) is 6.51. The lowest BCUT2D eigenvalue weighted by Gasteiger charge is -2.43. The number of hydrogen-bond donors (Lipinski definition) is 1. The summed E-state index contributed by atoms with van der Waals surface area (Å²) < 4.78 is 40.9. The van der Waals surface area contributed by atoms with E-state index in [2.05, 4.69) is 14.9 Å². The molecule has 33 heavy (non-hydrogen) atoms. The van der Waals surface area contributed by atoms with E-state index in [1.54, 1.807) is 17.3 Å². The number of benzene rings is 1. The number of piperidine rings is 1. The van der Waals surface area contributed by atoms with E-state index in [1.165, 1.54) is 14.2 Å². The summed E-state index contributed by atoms with van der Waals surface area (Å²) in [5.41, 5.74) is 1.62. The van der Waals surface area contributed by atoms with Crippen LogP contribution in [0.1, 0.15) is 18.4 Å². The van der Waals surface area contributed by atoms with Crippen LogP contribution >= 0.6 is 0 Å². The molecule has 4 heterocycles. The van der Waals surface area contributed by atoms with Crippen molar-refractivity contribution in [3.63, 3.8) is 0 Å². The molecule has 2 aromatic heterocycles. The van der Waals surface area contributed by atoms with Gasteiger partial charge in [0, 0.05) is 35.5 Å². The SMILES string of the molecule is COc1cc(OC)c(F)c(N2Cc3cnc4[nH]ccc4c3N(C3CCN(C)CC3)C2=O)c1F. The van der Waals surface area contributed by atoms with Gasteiger partial charge in [0.05, 0.1) is 26.5 Å². The van der Waals surface area contributed by atoms with Crippen molar-refractivity contribution in [1.29, 1.82) is 0 Å². The second-order valence-corrected chi connectivity index (χ2v) is 8.40. The average Bonchev–Trinajstić information content (AvgIpc) is 3.30. The second-order valence-electron chi connectivity index (χ2n) is 8.40. The van der Waals surface area contributed by atoms with Gasteiger partial charge < -0.3 is 19.4 Å². The molecule has 1 aromatic carbocycles. The number of hydrogen-bond acceptors (Lipinski definition) is 5. The predicted octanol–water partition coefficient (Wildman–Crippen LogP) is 3.90. The molecule has 0 radical (unpaired) electrons. The minimum atomic E-state index is -0.952. The van der Waals surface area contributed by atoms with Gasteiger partial charge in [0.15, 0.2) is 23.1 Å². The summed E-state index contributed by atoms with van der Waals surface area (Å²) in [7, 11) is 4.60. The quantitative estimate of drug-likeness (QED) is 0.643. The van der Waals surface area contributed by atoms with Crippen LogP contribution in [0.2, 0.25) is 0 Å². The Morgan fingerprint density at radius 3 is 2.39 bits per heavy atom. The minimum absolute atomic E-state index is 0.0322. The van der Waals surface area contributed by atoms with Gasteiger partial charge in [0.1, 0.15) is 11.3 Å².